The molecule has 0 aliphatic rings. The van der Waals surface area contributed by atoms with Gasteiger partial charge in [0.15, 0.2) is 0 Å². The lowest BCUT2D eigenvalue weighted by atomic mass is 10.1. The van der Waals surface area contributed by atoms with E-state index in [0.29, 0.717) is 21.9 Å². The molecule has 1 amide bonds. The zero-order valence-electron chi connectivity index (χ0n) is 11.5. The second-order valence-electron chi connectivity index (χ2n) is 4.41. The fraction of sp³-hybridized carbons (Fsp3) is 0.188. The molecular formula is C16H15ClN2O2. The zero-order chi connectivity index (χ0) is 15.2. The highest BCUT2D eigenvalue weighted by Gasteiger charge is 2.14. The second kappa shape index (κ2) is 6.98. The van der Waals surface area contributed by atoms with Crippen molar-refractivity contribution in [3.63, 3.8) is 0 Å². The van der Waals surface area contributed by atoms with E-state index in [4.69, 9.17) is 21.8 Å². The van der Waals surface area contributed by atoms with Crippen LogP contribution >= 0.6 is 11.6 Å². The molecule has 0 saturated heterocycles. The average molecular weight is 303 g/mol. The number of furan rings is 1. The van der Waals surface area contributed by atoms with Gasteiger partial charge in [0, 0.05) is 11.1 Å². The molecule has 1 unspecified atom stereocenters. The summed E-state index contributed by atoms with van der Waals surface area (Å²) in [6, 6.07) is 8.34. The Morgan fingerprint density at radius 2 is 2.29 bits per heavy atom. The van der Waals surface area contributed by atoms with E-state index in [-0.39, 0.29) is 18.5 Å². The van der Waals surface area contributed by atoms with Crippen LogP contribution in [-0.2, 0) is 0 Å². The van der Waals surface area contributed by atoms with Crippen LogP contribution in [0.5, 0.6) is 0 Å². The number of rotatable bonds is 3. The molecule has 0 radical (unpaired) electrons. The van der Waals surface area contributed by atoms with Crippen molar-refractivity contribution in [1.82, 2.24) is 5.32 Å². The Morgan fingerprint density at radius 1 is 1.48 bits per heavy atom. The molecule has 0 aliphatic heterocycles. The Morgan fingerprint density at radius 3 is 2.90 bits per heavy atom. The summed E-state index contributed by atoms with van der Waals surface area (Å²) in [6.07, 6.45) is 1.57. The highest BCUT2D eigenvalue weighted by molar-refractivity contribution is 6.32. The Labute approximate surface area is 128 Å². The SMILES string of the molecule is CC(NC(=O)c1ccc(C#CCN)c(Cl)c1)c1ccco1. The smallest absolute Gasteiger partial charge is 0.251 e. The van der Waals surface area contributed by atoms with E-state index in [1.54, 1.807) is 30.5 Å². The minimum absolute atomic E-state index is 0.219. The lowest BCUT2D eigenvalue weighted by molar-refractivity contribution is 0.0935. The van der Waals surface area contributed by atoms with Gasteiger partial charge in [-0.1, -0.05) is 23.4 Å². The summed E-state index contributed by atoms with van der Waals surface area (Å²) >= 11 is 6.10. The third-order valence-corrected chi connectivity index (χ3v) is 3.19. The van der Waals surface area contributed by atoms with Gasteiger partial charge in [0.25, 0.3) is 5.91 Å². The van der Waals surface area contributed by atoms with Gasteiger partial charge in [-0.15, -0.1) is 0 Å². The van der Waals surface area contributed by atoms with E-state index >= 15 is 0 Å². The van der Waals surface area contributed by atoms with E-state index in [1.165, 1.54) is 0 Å². The van der Waals surface area contributed by atoms with Crippen molar-refractivity contribution in [2.75, 3.05) is 6.54 Å². The maximum absolute atomic E-state index is 12.2. The highest BCUT2D eigenvalue weighted by Crippen LogP contribution is 2.18. The van der Waals surface area contributed by atoms with E-state index in [0.717, 1.165) is 0 Å². The quantitative estimate of drug-likeness (QED) is 0.857. The molecule has 0 spiro atoms. The normalized spacial score (nSPS) is 11.4. The number of nitrogens with two attached hydrogens (primary N) is 1. The maximum atomic E-state index is 12.2. The minimum Gasteiger partial charge on any atom is -0.467 e. The van der Waals surface area contributed by atoms with Crippen molar-refractivity contribution in [1.29, 1.82) is 0 Å². The van der Waals surface area contributed by atoms with Gasteiger partial charge < -0.3 is 15.5 Å². The second-order valence-corrected chi connectivity index (χ2v) is 4.82. The zero-order valence-corrected chi connectivity index (χ0v) is 12.3. The molecule has 1 aromatic heterocycles. The average Bonchev–Trinajstić information content (AvgIpc) is 3.00. The number of nitrogens with one attached hydrogen (secondary N) is 1. The Bertz CT molecular complexity index is 684. The molecule has 0 fully saturated rings. The van der Waals surface area contributed by atoms with Gasteiger partial charge in [0.05, 0.1) is 23.9 Å². The minimum atomic E-state index is -0.223. The molecule has 1 aromatic carbocycles. The van der Waals surface area contributed by atoms with Crippen LogP contribution in [0.2, 0.25) is 5.02 Å². The summed E-state index contributed by atoms with van der Waals surface area (Å²) in [5, 5.41) is 3.27. The van der Waals surface area contributed by atoms with E-state index in [1.807, 2.05) is 13.0 Å². The van der Waals surface area contributed by atoms with Crippen LogP contribution in [-0.4, -0.2) is 12.5 Å². The monoisotopic (exact) mass is 302 g/mol. The summed E-state index contributed by atoms with van der Waals surface area (Å²) in [7, 11) is 0. The van der Waals surface area contributed by atoms with E-state index < -0.39 is 0 Å². The molecule has 2 aromatic rings. The Kier molecular flexibility index (Phi) is 5.04. The van der Waals surface area contributed by atoms with Crippen molar-refractivity contribution in [3.05, 3.63) is 58.5 Å². The third-order valence-electron chi connectivity index (χ3n) is 2.87. The molecule has 3 N–H and O–H groups in total. The van der Waals surface area contributed by atoms with Gasteiger partial charge in [0.1, 0.15) is 5.76 Å². The van der Waals surface area contributed by atoms with Gasteiger partial charge in [-0.25, -0.2) is 0 Å². The van der Waals surface area contributed by atoms with Crippen molar-refractivity contribution >= 4 is 17.5 Å². The van der Waals surface area contributed by atoms with Crippen LogP contribution < -0.4 is 11.1 Å². The molecular weight excluding hydrogens is 288 g/mol. The largest absolute Gasteiger partial charge is 0.467 e. The first-order chi connectivity index (χ1) is 10.1. The van der Waals surface area contributed by atoms with E-state index in [9.17, 15) is 4.79 Å². The summed E-state index contributed by atoms with van der Waals surface area (Å²) in [5.41, 5.74) is 6.44. The summed E-state index contributed by atoms with van der Waals surface area (Å²) in [6.45, 7) is 2.11. The van der Waals surface area contributed by atoms with Gasteiger partial charge in [-0.2, -0.15) is 0 Å². The van der Waals surface area contributed by atoms with Crippen LogP contribution in [0.1, 0.15) is 34.6 Å². The van der Waals surface area contributed by atoms with Gasteiger partial charge in [-0.3, -0.25) is 4.79 Å². The molecule has 108 valence electrons. The first-order valence-corrected chi connectivity index (χ1v) is 6.82. The van der Waals surface area contributed by atoms with Crippen molar-refractivity contribution in [2.45, 2.75) is 13.0 Å². The molecule has 2 rings (SSSR count). The number of amides is 1. The number of halogens is 1. The van der Waals surface area contributed by atoms with Crippen LogP contribution in [0.4, 0.5) is 0 Å². The molecule has 0 aliphatic carbocycles. The Balaban J connectivity index is 2.11. The van der Waals surface area contributed by atoms with E-state index in [2.05, 4.69) is 17.2 Å². The van der Waals surface area contributed by atoms with Crippen molar-refractivity contribution < 1.29 is 9.21 Å². The predicted molar refractivity (Wildman–Crippen MR) is 82.0 cm³/mol. The molecule has 5 heteroatoms. The first-order valence-electron chi connectivity index (χ1n) is 6.44. The fourth-order valence-corrected chi connectivity index (χ4v) is 2.02. The predicted octanol–water partition coefficient (Wildman–Crippen LogP) is 2.73. The fourth-order valence-electron chi connectivity index (χ4n) is 1.79. The number of hydrogen-bond acceptors (Lipinski definition) is 3. The van der Waals surface area contributed by atoms with Gasteiger partial charge in [-0.05, 0) is 37.3 Å². The molecule has 1 heterocycles. The van der Waals surface area contributed by atoms with Crippen LogP contribution in [0.3, 0.4) is 0 Å². The van der Waals surface area contributed by atoms with Crippen molar-refractivity contribution in [2.24, 2.45) is 5.73 Å². The number of hydrogen-bond donors (Lipinski definition) is 2. The number of benzene rings is 1. The maximum Gasteiger partial charge on any atom is 0.251 e. The van der Waals surface area contributed by atoms with Gasteiger partial charge in [0.2, 0.25) is 0 Å². The topological polar surface area (TPSA) is 68.3 Å². The summed E-state index contributed by atoms with van der Waals surface area (Å²) in [5.74, 6) is 6.04. The number of carbonyl (C=O) groups is 1. The molecule has 1 atom stereocenters. The lowest BCUT2D eigenvalue weighted by Crippen LogP contribution is -2.26. The van der Waals surface area contributed by atoms with Crippen LogP contribution in [0.25, 0.3) is 0 Å². The number of carbonyl (C=O) groups excluding carboxylic acids is 1. The molecule has 0 saturated carbocycles. The van der Waals surface area contributed by atoms with Crippen LogP contribution in [0, 0.1) is 11.8 Å². The van der Waals surface area contributed by atoms with Gasteiger partial charge >= 0.3 is 0 Å². The first kappa shape index (κ1) is 15.2. The standard InChI is InChI=1S/C16H15ClN2O2/c1-11(15-5-3-9-21-15)19-16(20)13-7-6-12(4-2-8-18)14(17)10-13/h3,5-7,9-11H,8,18H2,1H3,(H,19,20). The molecule has 4 nitrogen and oxygen atoms in total. The third kappa shape index (κ3) is 3.88. The Hall–Kier alpha value is -2.22. The molecule has 0 bridgehead atoms. The summed E-state index contributed by atoms with van der Waals surface area (Å²) in [4.78, 5) is 12.2. The van der Waals surface area contributed by atoms with Crippen molar-refractivity contribution in [3.8, 4) is 11.8 Å². The van der Waals surface area contributed by atoms with Crippen LogP contribution in [0.15, 0.2) is 41.0 Å². The highest BCUT2D eigenvalue weighted by atomic mass is 35.5. The summed E-state index contributed by atoms with van der Waals surface area (Å²) < 4.78 is 5.25. The lowest BCUT2D eigenvalue weighted by Gasteiger charge is -2.11. The molecule has 21 heavy (non-hydrogen) atoms.